The van der Waals surface area contributed by atoms with Crippen molar-refractivity contribution >= 4 is 0 Å². The third-order valence-corrected chi connectivity index (χ3v) is 7.78. The van der Waals surface area contributed by atoms with Crippen molar-refractivity contribution in [1.29, 1.82) is 0 Å². The summed E-state index contributed by atoms with van der Waals surface area (Å²) in [5, 5.41) is 10.6. The standard InChI is InChI=1S/C38H42O6/c1-2-15-33-35(41-26-30-18-9-4-10-19-30)37(42-27-31-20-11-5-12-21-31)38(43-28-32-22-13-6-14-23-32)36(44-33)34(24-39)40-25-29-16-7-3-8-17-29/h2-14,16-23,33-39H,1,15,24-28H2/t33-,34-,35-,36-,37-,38-/m1/s1. The number of ether oxygens (including phenoxy) is 5. The molecule has 0 bridgehead atoms. The zero-order valence-electron chi connectivity index (χ0n) is 25.0. The van der Waals surface area contributed by atoms with Gasteiger partial charge in [-0.15, -0.1) is 6.58 Å². The SMILES string of the molecule is C=CC[C@H]1O[C@H]([C@@H](CO)OCc2ccccc2)[C@@H](OCc2ccccc2)[C@H](OCc2ccccc2)[C@@H]1OCc1ccccc1. The summed E-state index contributed by atoms with van der Waals surface area (Å²) in [4.78, 5) is 0. The van der Waals surface area contributed by atoms with Gasteiger partial charge >= 0.3 is 0 Å². The van der Waals surface area contributed by atoms with Gasteiger partial charge in [-0.05, 0) is 28.7 Å². The first-order valence-electron chi connectivity index (χ1n) is 15.2. The van der Waals surface area contributed by atoms with Crippen LogP contribution in [0.3, 0.4) is 0 Å². The maximum Gasteiger partial charge on any atom is 0.116 e. The molecule has 6 atom stereocenters. The predicted molar refractivity (Wildman–Crippen MR) is 171 cm³/mol. The van der Waals surface area contributed by atoms with Crippen molar-refractivity contribution in [2.45, 2.75) is 69.5 Å². The molecule has 5 rings (SSSR count). The molecule has 1 heterocycles. The first-order valence-corrected chi connectivity index (χ1v) is 15.2. The van der Waals surface area contributed by atoms with Gasteiger partial charge in [-0.25, -0.2) is 0 Å². The fraction of sp³-hybridized carbons (Fsp3) is 0.316. The van der Waals surface area contributed by atoms with Crippen LogP contribution in [0.15, 0.2) is 134 Å². The summed E-state index contributed by atoms with van der Waals surface area (Å²) >= 11 is 0. The Bertz CT molecular complexity index is 1350. The molecule has 1 fully saturated rings. The van der Waals surface area contributed by atoms with Crippen molar-refractivity contribution in [3.05, 3.63) is 156 Å². The number of rotatable bonds is 16. The predicted octanol–water partition coefficient (Wildman–Crippen LogP) is 6.66. The number of aliphatic hydroxyl groups excluding tert-OH is 1. The Balaban J connectivity index is 1.46. The maximum absolute atomic E-state index is 10.6. The third kappa shape index (κ3) is 8.96. The van der Waals surface area contributed by atoms with E-state index in [0.29, 0.717) is 32.8 Å². The first kappa shape index (κ1) is 31.8. The molecule has 0 amide bonds. The summed E-state index contributed by atoms with van der Waals surface area (Å²) in [6.07, 6.45) is -0.928. The second kappa shape index (κ2) is 17.0. The minimum Gasteiger partial charge on any atom is -0.394 e. The molecule has 0 saturated carbocycles. The van der Waals surface area contributed by atoms with Crippen LogP contribution in [-0.4, -0.2) is 48.3 Å². The summed E-state index contributed by atoms with van der Waals surface area (Å²) in [5.74, 6) is 0. The molecule has 0 spiro atoms. The lowest BCUT2D eigenvalue weighted by molar-refractivity contribution is -0.285. The van der Waals surface area contributed by atoms with E-state index in [0.717, 1.165) is 22.3 Å². The lowest BCUT2D eigenvalue weighted by Gasteiger charge is -2.48. The second-order valence-corrected chi connectivity index (χ2v) is 11.0. The lowest BCUT2D eigenvalue weighted by atomic mass is 9.90. The van der Waals surface area contributed by atoms with E-state index in [1.165, 1.54) is 0 Å². The quantitative estimate of drug-likeness (QED) is 0.146. The summed E-state index contributed by atoms with van der Waals surface area (Å²) in [7, 11) is 0. The number of benzene rings is 4. The highest BCUT2D eigenvalue weighted by Gasteiger charge is 2.50. The highest BCUT2D eigenvalue weighted by molar-refractivity contribution is 5.17. The summed E-state index contributed by atoms with van der Waals surface area (Å²) in [6.45, 7) is 5.17. The Morgan fingerprint density at radius 1 is 0.591 bits per heavy atom. The molecule has 4 aromatic carbocycles. The molecule has 0 radical (unpaired) electrons. The number of hydrogen-bond donors (Lipinski definition) is 1. The molecular weight excluding hydrogens is 552 g/mol. The summed E-state index contributed by atoms with van der Waals surface area (Å²) < 4.78 is 33.1. The molecule has 1 aliphatic rings. The van der Waals surface area contributed by atoms with Gasteiger partial charge in [0.05, 0.1) is 39.1 Å². The highest BCUT2D eigenvalue weighted by atomic mass is 16.6. The van der Waals surface area contributed by atoms with Crippen molar-refractivity contribution in [3.63, 3.8) is 0 Å². The zero-order chi connectivity index (χ0) is 30.4. The van der Waals surface area contributed by atoms with Crippen molar-refractivity contribution in [1.82, 2.24) is 0 Å². The van der Waals surface area contributed by atoms with Crippen molar-refractivity contribution in [2.75, 3.05) is 6.61 Å². The van der Waals surface area contributed by atoms with E-state index < -0.39 is 36.6 Å². The molecule has 4 aromatic rings. The molecule has 0 aromatic heterocycles. The van der Waals surface area contributed by atoms with E-state index in [4.69, 9.17) is 23.7 Å². The maximum atomic E-state index is 10.6. The van der Waals surface area contributed by atoms with E-state index >= 15 is 0 Å². The molecule has 1 N–H and O–H groups in total. The molecule has 0 unspecified atom stereocenters. The van der Waals surface area contributed by atoms with Crippen LogP contribution < -0.4 is 0 Å². The molecule has 44 heavy (non-hydrogen) atoms. The largest absolute Gasteiger partial charge is 0.394 e. The van der Waals surface area contributed by atoms with Crippen LogP contribution in [0.25, 0.3) is 0 Å². The van der Waals surface area contributed by atoms with Gasteiger partial charge in [0.25, 0.3) is 0 Å². The van der Waals surface area contributed by atoms with Crippen molar-refractivity contribution in [3.8, 4) is 0 Å². The summed E-state index contributed by atoms with van der Waals surface area (Å²) in [6, 6.07) is 40.0. The Hall–Kier alpha value is -3.62. The van der Waals surface area contributed by atoms with Crippen molar-refractivity contribution in [2.24, 2.45) is 0 Å². The first-order chi connectivity index (χ1) is 21.7. The Morgan fingerprint density at radius 3 is 1.43 bits per heavy atom. The molecule has 230 valence electrons. The van der Waals surface area contributed by atoms with Crippen molar-refractivity contribution < 1.29 is 28.8 Å². The molecule has 6 heteroatoms. The van der Waals surface area contributed by atoms with Crippen LogP contribution in [0, 0.1) is 0 Å². The van der Waals surface area contributed by atoms with Gasteiger partial charge in [0.15, 0.2) is 0 Å². The Morgan fingerprint density at radius 2 is 1.00 bits per heavy atom. The number of hydrogen-bond acceptors (Lipinski definition) is 6. The zero-order valence-corrected chi connectivity index (χ0v) is 25.0. The Kier molecular flexibility index (Phi) is 12.3. The third-order valence-electron chi connectivity index (χ3n) is 7.78. The van der Waals surface area contributed by atoms with Gasteiger partial charge in [0, 0.05) is 0 Å². The highest BCUT2D eigenvalue weighted by Crippen LogP contribution is 2.34. The van der Waals surface area contributed by atoms with E-state index in [2.05, 4.69) is 6.58 Å². The molecule has 6 nitrogen and oxygen atoms in total. The minimum atomic E-state index is -0.666. The van der Waals surface area contributed by atoms with Gasteiger partial charge in [-0.2, -0.15) is 0 Å². The van der Waals surface area contributed by atoms with Crippen LogP contribution in [-0.2, 0) is 50.1 Å². The fourth-order valence-electron chi connectivity index (χ4n) is 5.51. The van der Waals surface area contributed by atoms with Gasteiger partial charge in [0.2, 0.25) is 0 Å². The van der Waals surface area contributed by atoms with Crippen LogP contribution in [0.1, 0.15) is 28.7 Å². The smallest absolute Gasteiger partial charge is 0.116 e. The molecule has 1 aliphatic heterocycles. The molecular formula is C38H42O6. The molecule has 1 saturated heterocycles. The monoisotopic (exact) mass is 594 g/mol. The average Bonchev–Trinajstić information content (AvgIpc) is 3.08. The summed E-state index contributed by atoms with van der Waals surface area (Å²) in [5.41, 5.74) is 4.12. The van der Waals surface area contributed by atoms with Crippen LogP contribution >= 0.6 is 0 Å². The van der Waals surface area contributed by atoms with Gasteiger partial charge in [-0.1, -0.05) is 127 Å². The van der Waals surface area contributed by atoms with Crippen LogP contribution in [0.5, 0.6) is 0 Å². The normalized spacial score (nSPS) is 22.3. The lowest BCUT2D eigenvalue weighted by Crippen LogP contribution is -2.63. The van der Waals surface area contributed by atoms with Gasteiger partial charge in [0.1, 0.15) is 30.5 Å². The number of aliphatic hydroxyl groups is 1. The van der Waals surface area contributed by atoms with E-state index in [1.807, 2.05) is 127 Å². The van der Waals surface area contributed by atoms with Gasteiger partial charge in [-0.3, -0.25) is 0 Å². The minimum absolute atomic E-state index is 0.246. The van der Waals surface area contributed by atoms with Crippen LogP contribution in [0.2, 0.25) is 0 Å². The van der Waals surface area contributed by atoms with Gasteiger partial charge < -0.3 is 28.8 Å². The topological polar surface area (TPSA) is 66.4 Å². The average molecular weight is 595 g/mol. The van der Waals surface area contributed by atoms with E-state index in [1.54, 1.807) is 0 Å². The fourth-order valence-corrected chi connectivity index (χ4v) is 5.51. The van der Waals surface area contributed by atoms with Crippen LogP contribution in [0.4, 0.5) is 0 Å². The molecule has 0 aliphatic carbocycles. The van der Waals surface area contributed by atoms with E-state index in [-0.39, 0.29) is 6.61 Å². The Labute approximate surface area is 260 Å². The second-order valence-electron chi connectivity index (χ2n) is 11.0. The van der Waals surface area contributed by atoms with E-state index in [9.17, 15) is 5.11 Å².